The zero-order valence-electron chi connectivity index (χ0n) is 21.0. The molecule has 36 heavy (non-hydrogen) atoms. The lowest BCUT2D eigenvalue weighted by Crippen LogP contribution is -2.47. The Balaban J connectivity index is 1.34. The molecule has 0 N–H and O–H groups in total. The Hall–Kier alpha value is -3.94. The third kappa shape index (κ3) is 3.96. The molecule has 0 radical (unpaired) electrons. The molecule has 2 amide bonds. The largest absolute Gasteiger partial charge is 0.493 e. The number of fused-ring (bicyclic) bond motifs is 1. The molecule has 0 spiro atoms. The zero-order chi connectivity index (χ0) is 25.4. The van der Waals surface area contributed by atoms with Crippen molar-refractivity contribution in [1.29, 1.82) is 0 Å². The number of rotatable bonds is 5. The van der Waals surface area contributed by atoms with E-state index in [2.05, 4.69) is 4.98 Å². The van der Waals surface area contributed by atoms with Gasteiger partial charge in [0.1, 0.15) is 0 Å². The van der Waals surface area contributed by atoms with Gasteiger partial charge in [0.2, 0.25) is 0 Å². The van der Waals surface area contributed by atoms with E-state index in [0.29, 0.717) is 48.7 Å². The highest BCUT2D eigenvalue weighted by Crippen LogP contribution is 2.37. The van der Waals surface area contributed by atoms with Crippen LogP contribution in [0.1, 0.15) is 42.6 Å². The van der Waals surface area contributed by atoms with Gasteiger partial charge in [0.25, 0.3) is 11.8 Å². The third-order valence-corrected chi connectivity index (χ3v) is 7.21. The fourth-order valence-electron chi connectivity index (χ4n) is 5.11. The number of ether oxygens (including phenoxy) is 2. The number of pyridine rings is 1. The molecule has 1 aromatic heterocycles. The minimum absolute atomic E-state index is 0.00727. The van der Waals surface area contributed by atoms with Crippen LogP contribution >= 0.6 is 0 Å². The van der Waals surface area contributed by atoms with Crippen molar-refractivity contribution in [3.63, 3.8) is 0 Å². The number of hydrazone groups is 1. The van der Waals surface area contributed by atoms with Gasteiger partial charge in [-0.2, -0.15) is 5.10 Å². The summed E-state index contributed by atoms with van der Waals surface area (Å²) in [6.45, 7) is 4.94. The topological polar surface area (TPSA) is 84.3 Å². The van der Waals surface area contributed by atoms with Crippen molar-refractivity contribution in [3.8, 4) is 11.5 Å². The summed E-state index contributed by atoms with van der Waals surface area (Å²) < 4.78 is 10.8. The van der Waals surface area contributed by atoms with E-state index in [9.17, 15) is 9.59 Å². The number of piperidine rings is 1. The smallest absolute Gasteiger partial charge is 0.254 e. The zero-order valence-corrected chi connectivity index (χ0v) is 21.0. The second kappa shape index (κ2) is 9.26. The van der Waals surface area contributed by atoms with E-state index in [1.807, 2.05) is 61.2 Å². The van der Waals surface area contributed by atoms with Crippen LogP contribution < -0.4 is 9.47 Å². The highest BCUT2D eigenvalue weighted by atomic mass is 16.5. The Morgan fingerprint density at radius 2 is 1.78 bits per heavy atom. The maximum absolute atomic E-state index is 13.4. The molecular weight excluding hydrogens is 456 g/mol. The summed E-state index contributed by atoms with van der Waals surface area (Å²) in [5.74, 6) is 1.20. The van der Waals surface area contributed by atoms with Gasteiger partial charge in [-0.1, -0.05) is 12.1 Å². The molecular formula is C28H30N4O4. The SMILES string of the molecule is COc1ccc(C2=NN(C3CCN(C(=O)c4cccc5cnccc45)CC3)C(=O)C2(C)C)cc1OC. The maximum atomic E-state index is 13.4. The molecule has 1 fully saturated rings. The summed E-state index contributed by atoms with van der Waals surface area (Å²) in [6.07, 6.45) is 4.82. The maximum Gasteiger partial charge on any atom is 0.254 e. The summed E-state index contributed by atoms with van der Waals surface area (Å²) >= 11 is 0. The number of hydrogen-bond acceptors (Lipinski definition) is 6. The van der Waals surface area contributed by atoms with Gasteiger partial charge in [0.05, 0.1) is 31.4 Å². The van der Waals surface area contributed by atoms with Gasteiger partial charge in [-0.25, -0.2) is 5.01 Å². The van der Waals surface area contributed by atoms with Crippen molar-refractivity contribution in [2.24, 2.45) is 10.5 Å². The minimum Gasteiger partial charge on any atom is -0.493 e. The van der Waals surface area contributed by atoms with Crippen LogP contribution in [-0.2, 0) is 4.79 Å². The fourth-order valence-corrected chi connectivity index (χ4v) is 5.11. The lowest BCUT2D eigenvalue weighted by molar-refractivity contribution is -0.137. The lowest BCUT2D eigenvalue weighted by Gasteiger charge is -2.35. The van der Waals surface area contributed by atoms with Crippen molar-refractivity contribution in [2.75, 3.05) is 27.3 Å². The van der Waals surface area contributed by atoms with Crippen LogP contribution in [0.3, 0.4) is 0 Å². The van der Waals surface area contributed by atoms with Crippen molar-refractivity contribution in [1.82, 2.24) is 14.9 Å². The summed E-state index contributed by atoms with van der Waals surface area (Å²) in [7, 11) is 3.18. The molecule has 0 unspecified atom stereocenters. The van der Waals surface area contributed by atoms with E-state index >= 15 is 0 Å². The molecule has 186 valence electrons. The average molecular weight is 487 g/mol. The van der Waals surface area contributed by atoms with E-state index < -0.39 is 5.41 Å². The Morgan fingerprint density at radius 3 is 2.50 bits per heavy atom. The second-order valence-corrected chi connectivity index (χ2v) is 9.72. The molecule has 5 rings (SSSR count). The van der Waals surface area contributed by atoms with Gasteiger partial charge >= 0.3 is 0 Å². The monoisotopic (exact) mass is 486 g/mol. The summed E-state index contributed by atoms with van der Waals surface area (Å²) in [5, 5.41) is 8.29. The van der Waals surface area contributed by atoms with Crippen LogP contribution in [0.25, 0.3) is 10.8 Å². The molecule has 0 aliphatic carbocycles. The Bertz CT molecular complexity index is 1350. The van der Waals surface area contributed by atoms with Crippen molar-refractivity contribution >= 4 is 28.3 Å². The number of amides is 2. The number of methoxy groups -OCH3 is 2. The van der Waals surface area contributed by atoms with Crippen LogP contribution in [0.5, 0.6) is 11.5 Å². The van der Waals surface area contributed by atoms with Crippen LogP contribution in [0, 0.1) is 5.41 Å². The number of carbonyl (C=O) groups is 2. The number of benzene rings is 2. The van der Waals surface area contributed by atoms with Crippen LogP contribution in [0.4, 0.5) is 0 Å². The Labute approximate surface area is 210 Å². The van der Waals surface area contributed by atoms with E-state index in [4.69, 9.17) is 14.6 Å². The molecule has 2 aromatic carbocycles. The molecule has 0 saturated carbocycles. The first-order valence-electron chi connectivity index (χ1n) is 12.1. The molecule has 0 atom stereocenters. The van der Waals surface area contributed by atoms with E-state index in [0.717, 1.165) is 16.3 Å². The number of hydrogen-bond donors (Lipinski definition) is 0. The Morgan fingerprint density at radius 1 is 1.03 bits per heavy atom. The first-order valence-corrected chi connectivity index (χ1v) is 12.1. The minimum atomic E-state index is -0.774. The first kappa shape index (κ1) is 23.8. The van der Waals surface area contributed by atoms with Crippen molar-refractivity contribution in [3.05, 3.63) is 66.0 Å². The van der Waals surface area contributed by atoms with E-state index in [1.54, 1.807) is 31.6 Å². The van der Waals surface area contributed by atoms with Gasteiger partial charge < -0.3 is 14.4 Å². The first-order chi connectivity index (χ1) is 17.3. The van der Waals surface area contributed by atoms with Gasteiger partial charge in [0.15, 0.2) is 11.5 Å². The highest BCUT2D eigenvalue weighted by Gasteiger charge is 2.47. The standard InChI is InChI=1S/C28H30N4O4/c1-28(2)25(18-8-9-23(35-3)24(16-18)36-4)30-32(27(28)34)20-11-14-31(15-12-20)26(33)22-7-5-6-19-17-29-13-10-21(19)22/h5-10,13,16-17,20H,11-12,14-15H2,1-4H3. The van der Waals surface area contributed by atoms with Crippen molar-refractivity contribution < 1.29 is 19.1 Å². The molecule has 2 aliphatic rings. The summed E-state index contributed by atoms with van der Waals surface area (Å²) in [4.78, 5) is 32.8. The molecule has 0 bridgehead atoms. The fraction of sp³-hybridized carbons (Fsp3) is 0.357. The molecule has 3 heterocycles. The normalized spacial score (nSPS) is 17.9. The molecule has 2 aliphatic heterocycles. The lowest BCUT2D eigenvalue weighted by atomic mass is 9.83. The summed E-state index contributed by atoms with van der Waals surface area (Å²) in [6, 6.07) is 13.1. The van der Waals surface area contributed by atoms with Crippen LogP contribution in [0.2, 0.25) is 0 Å². The quantitative estimate of drug-likeness (QED) is 0.542. The number of carbonyl (C=O) groups excluding carboxylic acids is 2. The molecule has 8 heteroatoms. The number of aromatic nitrogens is 1. The van der Waals surface area contributed by atoms with Gasteiger partial charge in [-0.15, -0.1) is 0 Å². The highest BCUT2D eigenvalue weighted by molar-refractivity contribution is 6.19. The average Bonchev–Trinajstić information content (AvgIpc) is 3.16. The summed E-state index contributed by atoms with van der Waals surface area (Å²) in [5.41, 5.74) is 1.44. The van der Waals surface area contributed by atoms with Gasteiger partial charge in [-0.3, -0.25) is 14.6 Å². The molecule has 3 aromatic rings. The third-order valence-electron chi connectivity index (χ3n) is 7.21. The predicted molar refractivity (Wildman–Crippen MR) is 137 cm³/mol. The number of nitrogens with zero attached hydrogens (tertiary/aromatic N) is 4. The Kier molecular flexibility index (Phi) is 6.12. The number of likely N-dealkylation sites (tertiary alicyclic amines) is 1. The van der Waals surface area contributed by atoms with E-state index in [-0.39, 0.29) is 17.9 Å². The molecule has 8 nitrogen and oxygen atoms in total. The van der Waals surface area contributed by atoms with Gasteiger partial charge in [0, 0.05) is 42.0 Å². The predicted octanol–water partition coefficient (Wildman–Crippen LogP) is 4.13. The molecule has 1 saturated heterocycles. The second-order valence-electron chi connectivity index (χ2n) is 9.72. The van der Waals surface area contributed by atoms with Crippen molar-refractivity contribution in [2.45, 2.75) is 32.7 Å². The van der Waals surface area contributed by atoms with Crippen LogP contribution in [0.15, 0.2) is 60.0 Å². The van der Waals surface area contributed by atoms with Crippen LogP contribution in [-0.4, -0.2) is 65.8 Å². The van der Waals surface area contributed by atoms with E-state index in [1.165, 1.54) is 0 Å². The van der Waals surface area contributed by atoms with Gasteiger partial charge in [-0.05, 0) is 62.4 Å².